The van der Waals surface area contributed by atoms with Crippen molar-refractivity contribution in [3.8, 4) is 0 Å². The molecule has 0 unspecified atom stereocenters. The molecule has 0 aliphatic heterocycles. The van der Waals surface area contributed by atoms with Gasteiger partial charge in [0.05, 0.1) is 18.4 Å². The zero-order chi connectivity index (χ0) is 16.4. The summed E-state index contributed by atoms with van der Waals surface area (Å²) in [4.78, 5) is 22.0. The lowest BCUT2D eigenvalue weighted by Crippen LogP contribution is -2.19. The van der Waals surface area contributed by atoms with Gasteiger partial charge in [-0.15, -0.1) is 0 Å². The van der Waals surface area contributed by atoms with Gasteiger partial charge in [0.1, 0.15) is 5.82 Å². The molecule has 0 saturated heterocycles. The predicted octanol–water partition coefficient (Wildman–Crippen LogP) is 2.02. The quantitative estimate of drug-likeness (QED) is 0.406. The van der Waals surface area contributed by atoms with Gasteiger partial charge < -0.3 is 5.32 Å². The van der Waals surface area contributed by atoms with Gasteiger partial charge in [-0.05, 0) is 0 Å². The Labute approximate surface area is 121 Å². The molecule has 116 valence electrons. The first-order chi connectivity index (χ1) is 10.3. The highest BCUT2D eigenvalue weighted by Gasteiger charge is 2.19. The van der Waals surface area contributed by atoms with Crippen LogP contribution in [0.15, 0.2) is 18.5 Å². The fourth-order valence-electron chi connectivity index (χ4n) is 1.64. The molecule has 1 aromatic heterocycles. The van der Waals surface area contributed by atoms with Gasteiger partial charge in [0.15, 0.2) is 17.5 Å². The van der Waals surface area contributed by atoms with E-state index in [0.717, 1.165) is 17.8 Å². The van der Waals surface area contributed by atoms with Crippen molar-refractivity contribution >= 4 is 17.4 Å². The van der Waals surface area contributed by atoms with E-state index in [9.17, 15) is 27.2 Å². The molecule has 0 radical (unpaired) electrons. The van der Waals surface area contributed by atoms with E-state index >= 15 is 0 Å². The maximum Gasteiger partial charge on any atom is 0.291 e. The molecule has 0 bridgehead atoms. The first-order valence-corrected chi connectivity index (χ1v) is 5.96. The number of benzene rings is 1. The van der Waals surface area contributed by atoms with E-state index in [2.05, 4.69) is 10.4 Å². The molecular formula is C13H9F4N3O2. The van der Waals surface area contributed by atoms with Gasteiger partial charge in [0.25, 0.3) is 5.91 Å². The number of amides is 1. The zero-order valence-corrected chi connectivity index (χ0v) is 11.2. The number of halogens is 4. The van der Waals surface area contributed by atoms with Gasteiger partial charge in [-0.25, -0.2) is 17.6 Å². The summed E-state index contributed by atoms with van der Waals surface area (Å²) in [6.45, 7) is 0.538. The second-order valence-corrected chi connectivity index (χ2v) is 4.38. The number of Topliss-reactive ketones (excluding diaryl/α,β-unsaturated/α-hetero) is 1. The van der Waals surface area contributed by atoms with Crippen LogP contribution in [0.4, 0.5) is 23.2 Å². The number of carbonyl (C=O) groups excluding carboxylic acids is 2. The average molecular weight is 315 g/mol. The van der Waals surface area contributed by atoms with Crippen LogP contribution in [0.2, 0.25) is 0 Å². The van der Waals surface area contributed by atoms with Crippen LogP contribution in [-0.4, -0.2) is 21.5 Å². The third-order valence-corrected chi connectivity index (χ3v) is 2.74. The van der Waals surface area contributed by atoms with Crippen LogP contribution in [0.3, 0.4) is 0 Å². The van der Waals surface area contributed by atoms with Gasteiger partial charge >= 0.3 is 0 Å². The predicted molar refractivity (Wildman–Crippen MR) is 66.9 cm³/mol. The molecule has 0 aliphatic rings. The standard InChI is InChI=1S/C13H9F4N3O2/c1-6(21)13(22)19-7-3-18-20(4-7)5-8-9(14)2-10(15)12(17)11(8)16/h2-4H,5H2,1H3,(H,19,22). The summed E-state index contributed by atoms with van der Waals surface area (Å²) in [5, 5.41) is 5.90. The molecule has 9 heteroatoms. The van der Waals surface area contributed by atoms with Gasteiger partial charge in [-0.2, -0.15) is 5.10 Å². The second-order valence-electron chi connectivity index (χ2n) is 4.38. The van der Waals surface area contributed by atoms with E-state index in [-0.39, 0.29) is 11.8 Å². The molecule has 1 heterocycles. The first kappa shape index (κ1) is 15.7. The van der Waals surface area contributed by atoms with E-state index in [1.54, 1.807) is 0 Å². The molecule has 1 N–H and O–H groups in total. The lowest BCUT2D eigenvalue weighted by Gasteiger charge is -2.06. The summed E-state index contributed by atoms with van der Waals surface area (Å²) in [6, 6.07) is 0.232. The SMILES string of the molecule is CC(=O)C(=O)Nc1cnn(Cc2c(F)cc(F)c(F)c2F)c1. The Bertz CT molecular complexity index is 758. The van der Waals surface area contributed by atoms with Gasteiger partial charge in [-0.1, -0.05) is 0 Å². The van der Waals surface area contributed by atoms with Crippen molar-refractivity contribution in [2.24, 2.45) is 0 Å². The van der Waals surface area contributed by atoms with Crippen LogP contribution in [0, 0.1) is 23.3 Å². The molecule has 2 aromatic rings. The molecule has 5 nitrogen and oxygen atoms in total. The molecule has 0 atom stereocenters. The number of ketones is 1. The zero-order valence-electron chi connectivity index (χ0n) is 11.2. The third kappa shape index (κ3) is 3.13. The number of nitrogens with zero attached hydrogens (tertiary/aromatic N) is 2. The van der Waals surface area contributed by atoms with Crippen LogP contribution in [0.25, 0.3) is 0 Å². The normalized spacial score (nSPS) is 10.6. The van der Waals surface area contributed by atoms with Crippen molar-refractivity contribution in [1.29, 1.82) is 0 Å². The molecule has 0 aliphatic carbocycles. The summed E-state index contributed by atoms with van der Waals surface area (Å²) in [5.74, 6) is -7.94. The number of rotatable bonds is 4. The van der Waals surface area contributed by atoms with E-state index in [1.165, 1.54) is 6.20 Å². The van der Waals surface area contributed by atoms with Crippen LogP contribution >= 0.6 is 0 Å². The fraction of sp³-hybridized carbons (Fsp3) is 0.154. The topological polar surface area (TPSA) is 64.0 Å². The summed E-state index contributed by atoms with van der Waals surface area (Å²) in [7, 11) is 0. The maximum atomic E-state index is 13.5. The Morgan fingerprint density at radius 3 is 2.50 bits per heavy atom. The Kier molecular flexibility index (Phi) is 4.25. The lowest BCUT2D eigenvalue weighted by molar-refractivity contribution is -0.133. The second kappa shape index (κ2) is 5.96. The molecule has 0 fully saturated rings. The van der Waals surface area contributed by atoms with Gasteiger partial charge in [-0.3, -0.25) is 14.3 Å². The van der Waals surface area contributed by atoms with Crippen molar-refractivity contribution in [1.82, 2.24) is 9.78 Å². The monoisotopic (exact) mass is 315 g/mol. The number of nitrogens with one attached hydrogen (secondary N) is 1. The Morgan fingerprint density at radius 2 is 1.86 bits per heavy atom. The minimum Gasteiger partial charge on any atom is -0.317 e. The number of hydrogen-bond donors (Lipinski definition) is 1. The number of hydrogen-bond acceptors (Lipinski definition) is 3. The van der Waals surface area contributed by atoms with E-state index < -0.39 is 47.1 Å². The average Bonchev–Trinajstić information content (AvgIpc) is 2.88. The summed E-state index contributed by atoms with van der Waals surface area (Å²) >= 11 is 0. The van der Waals surface area contributed by atoms with E-state index in [4.69, 9.17) is 0 Å². The molecule has 0 saturated carbocycles. The molecule has 1 amide bonds. The van der Waals surface area contributed by atoms with Crippen molar-refractivity contribution in [3.63, 3.8) is 0 Å². The molecule has 2 rings (SSSR count). The highest BCUT2D eigenvalue weighted by Crippen LogP contribution is 2.20. The smallest absolute Gasteiger partial charge is 0.291 e. The van der Waals surface area contributed by atoms with Crippen molar-refractivity contribution < 1.29 is 27.2 Å². The van der Waals surface area contributed by atoms with Crippen LogP contribution < -0.4 is 5.32 Å². The molecular weight excluding hydrogens is 306 g/mol. The fourth-order valence-corrected chi connectivity index (χ4v) is 1.64. The van der Waals surface area contributed by atoms with Gasteiger partial charge in [0.2, 0.25) is 5.78 Å². The van der Waals surface area contributed by atoms with Crippen molar-refractivity contribution in [3.05, 3.63) is 47.3 Å². The third-order valence-electron chi connectivity index (χ3n) is 2.74. The number of anilines is 1. The summed E-state index contributed by atoms with van der Waals surface area (Å²) in [5.41, 5.74) is -0.602. The van der Waals surface area contributed by atoms with Crippen molar-refractivity contribution in [2.75, 3.05) is 5.32 Å². The Morgan fingerprint density at radius 1 is 1.18 bits per heavy atom. The molecule has 0 spiro atoms. The molecule has 1 aromatic carbocycles. The van der Waals surface area contributed by atoms with E-state index in [1.807, 2.05) is 0 Å². The lowest BCUT2D eigenvalue weighted by atomic mass is 10.2. The number of aromatic nitrogens is 2. The van der Waals surface area contributed by atoms with Gasteiger partial charge in [0, 0.05) is 24.8 Å². The van der Waals surface area contributed by atoms with Crippen molar-refractivity contribution in [2.45, 2.75) is 13.5 Å². The maximum absolute atomic E-state index is 13.5. The van der Waals surface area contributed by atoms with Crippen LogP contribution in [-0.2, 0) is 16.1 Å². The van der Waals surface area contributed by atoms with E-state index in [0.29, 0.717) is 0 Å². The molecule has 22 heavy (non-hydrogen) atoms. The first-order valence-electron chi connectivity index (χ1n) is 5.96. The minimum absolute atomic E-state index is 0.114. The summed E-state index contributed by atoms with van der Waals surface area (Å²) in [6.07, 6.45) is 2.32. The number of carbonyl (C=O) groups is 2. The van der Waals surface area contributed by atoms with Crippen LogP contribution in [0.5, 0.6) is 0 Å². The minimum atomic E-state index is -1.78. The highest BCUT2D eigenvalue weighted by molar-refractivity contribution is 6.39. The van der Waals surface area contributed by atoms with Crippen LogP contribution in [0.1, 0.15) is 12.5 Å². The Hall–Kier alpha value is -2.71. The highest BCUT2D eigenvalue weighted by atomic mass is 19.2. The summed E-state index contributed by atoms with van der Waals surface area (Å²) < 4.78 is 53.9. The Balaban J connectivity index is 2.22. The largest absolute Gasteiger partial charge is 0.317 e.